The summed E-state index contributed by atoms with van der Waals surface area (Å²) in [5.41, 5.74) is 0.524. The van der Waals surface area contributed by atoms with E-state index >= 15 is 0 Å². The molecule has 0 saturated heterocycles. The molecular weight excluding hydrogens is 331 g/mol. The van der Waals surface area contributed by atoms with E-state index in [0.717, 1.165) is 12.1 Å². The van der Waals surface area contributed by atoms with Gasteiger partial charge in [0.1, 0.15) is 5.75 Å². The summed E-state index contributed by atoms with van der Waals surface area (Å²) < 4.78 is 40.0. The third-order valence-corrected chi connectivity index (χ3v) is 2.46. The van der Waals surface area contributed by atoms with E-state index < -0.39 is 12.3 Å². The van der Waals surface area contributed by atoms with Crippen LogP contribution in [-0.2, 0) is 4.79 Å². The van der Waals surface area contributed by atoms with Crippen LogP contribution in [-0.4, -0.2) is 24.0 Å². The van der Waals surface area contributed by atoms with Crippen LogP contribution in [0.3, 0.4) is 0 Å². The van der Waals surface area contributed by atoms with Crippen LogP contribution < -0.4 is 10.1 Å². The maximum Gasteiger partial charge on any atom is 0.573 e. The van der Waals surface area contributed by atoms with Gasteiger partial charge in [0.15, 0.2) is 0 Å². The zero-order chi connectivity index (χ0) is 14.5. The van der Waals surface area contributed by atoms with E-state index in [1.807, 2.05) is 0 Å². The molecule has 0 radical (unpaired) electrons. The highest BCUT2D eigenvalue weighted by Gasteiger charge is 2.31. The molecule has 0 fully saturated rings. The van der Waals surface area contributed by atoms with Gasteiger partial charge in [-0.3, -0.25) is 0 Å². The van der Waals surface area contributed by atoms with Crippen LogP contribution in [0.1, 0.15) is 0 Å². The van der Waals surface area contributed by atoms with Crippen molar-refractivity contribution in [2.24, 2.45) is 0 Å². The summed E-state index contributed by atoms with van der Waals surface area (Å²) in [5.74, 6) is -1.42. The number of alkyl halides is 3. The fourth-order valence-electron chi connectivity index (χ4n) is 1.15. The average Bonchev–Trinajstić information content (AvgIpc) is 2.26. The summed E-state index contributed by atoms with van der Waals surface area (Å²) in [6, 6.07) is 3.94. The Bertz CT molecular complexity index is 489. The van der Waals surface area contributed by atoms with Crippen molar-refractivity contribution in [3.8, 4) is 5.75 Å². The van der Waals surface area contributed by atoms with Gasteiger partial charge in [-0.25, -0.2) is 4.79 Å². The lowest BCUT2D eigenvalue weighted by atomic mass is 10.3. The summed E-state index contributed by atoms with van der Waals surface area (Å²) in [7, 11) is 0. The van der Waals surface area contributed by atoms with Crippen molar-refractivity contribution in [1.82, 2.24) is 0 Å². The van der Waals surface area contributed by atoms with E-state index in [1.165, 1.54) is 18.2 Å². The Morgan fingerprint density at radius 3 is 2.68 bits per heavy atom. The van der Waals surface area contributed by atoms with Gasteiger partial charge in [0, 0.05) is 18.3 Å². The number of hydrogen-bond acceptors (Lipinski definition) is 3. The van der Waals surface area contributed by atoms with Crippen LogP contribution >= 0.6 is 15.9 Å². The fourth-order valence-corrected chi connectivity index (χ4v) is 1.61. The Morgan fingerprint density at radius 1 is 1.47 bits per heavy atom. The van der Waals surface area contributed by atoms with Gasteiger partial charge >= 0.3 is 12.3 Å². The van der Waals surface area contributed by atoms with E-state index in [0.29, 0.717) is 5.69 Å². The van der Waals surface area contributed by atoms with Crippen LogP contribution in [0.4, 0.5) is 18.9 Å². The van der Waals surface area contributed by atoms with Crippen molar-refractivity contribution >= 4 is 27.6 Å². The Hall–Kier alpha value is -1.70. The van der Waals surface area contributed by atoms with Crippen molar-refractivity contribution < 1.29 is 27.8 Å². The third kappa shape index (κ3) is 6.14. The van der Waals surface area contributed by atoms with Crippen LogP contribution in [0.2, 0.25) is 0 Å². The molecule has 0 aliphatic rings. The number of halogens is 4. The molecule has 104 valence electrons. The van der Waals surface area contributed by atoms with Gasteiger partial charge in [-0.1, -0.05) is 6.08 Å². The number of carbonyl (C=O) groups is 1. The summed E-state index contributed by atoms with van der Waals surface area (Å²) >= 11 is 2.95. The number of ether oxygens (including phenoxy) is 1. The number of rotatable bonds is 5. The Balaban J connectivity index is 2.64. The van der Waals surface area contributed by atoms with Gasteiger partial charge in [-0.15, -0.1) is 13.2 Å². The zero-order valence-corrected chi connectivity index (χ0v) is 11.0. The van der Waals surface area contributed by atoms with E-state index in [9.17, 15) is 18.0 Å². The summed E-state index contributed by atoms with van der Waals surface area (Å²) in [4.78, 5) is 10.2. The number of nitrogens with one attached hydrogen (secondary N) is 1. The second-order valence-electron chi connectivity index (χ2n) is 3.31. The van der Waals surface area contributed by atoms with Gasteiger partial charge < -0.3 is 15.2 Å². The number of aliphatic carboxylic acids is 1. The molecule has 0 saturated carbocycles. The molecule has 8 heteroatoms. The summed E-state index contributed by atoms with van der Waals surface area (Å²) in [6.07, 6.45) is -2.42. The lowest BCUT2D eigenvalue weighted by Gasteiger charge is -2.11. The third-order valence-electron chi connectivity index (χ3n) is 1.84. The predicted molar refractivity (Wildman–Crippen MR) is 66.1 cm³/mol. The molecule has 0 aromatic heterocycles. The molecular formula is C11H9BrF3NO3. The largest absolute Gasteiger partial charge is 0.573 e. The molecule has 1 rings (SSSR count). The van der Waals surface area contributed by atoms with E-state index in [-0.39, 0.29) is 16.8 Å². The lowest BCUT2D eigenvalue weighted by Crippen LogP contribution is -2.17. The molecule has 0 aliphatic heterocycles. The monoisotopic (exact) mass is 339 g/mol. The molecule has 1 aromatic rings. The van der Waals surface area contributed by atoms with E-state index in [4.69, 9.17) is 5.11 Å². The molecule has 0 aliphatic carbocycles. The number of anilines is 1. The first kappa shape index (κ1) is 15.4. The fraction of sp³-hybridized carbons (Fsp3) is 0.182. The van der Waals surface area contributed by atoms with Crippen molar-refractivity contribution in [2.45, 2.75) is 6.36 Å². The van der Waals surface area contributed by atoms with E-state index in [1.54, 1.807) is 0 Å². The van der Waals surface area contributed by atoms with Gasteiger partial charge in [0.2, 0.25) is 0 Å². The smallest absolute Gasteiger partial charge is 0.478 e. The molecule has 0 amide bonds. The zero-order valence-electron chi connectivity index (χ0n) is 9.37. The summed E-state index contributed by atoms with van der Waals surface area (Å²) in [5, 5.41) is 11.2. The topological polar surface area (TPSA) is 58.6 Å². The molecule has 0 bridgehead atoms. The lowest BCUT2D eigenvalue weighted by molar-refractivity contribution is -0.274. The van der Waals surface area contributed by atoms with Crippen LogP contribution in [0.5, 0.6) is 5.75 Å². The first-order valence-electron chi connectivity index (χ1n) is 4.96. The highest BCUT2D eigenvalue weighted by Crippen LogP contribution is 2.32. The predicted octanol–water partition coefficient (Wildman–Crippen LogP) is 3.40. The molecule has 0 heterocycles. The SMILES string of the molecule is O=C(O)/C=C/CNc1ccc(OC(F)(F)F)c(Br)c1. The van der Waals surface area contributed by atoms with Crippen LogP contribution in [0.15, 0.2) is 34.8 Å². The minimum absolute atomic E-state index is 0.136. The van der Waals surface area contributed by atoms with Gasteiger partial charge in [-0.2, -0.15) is 0 Å². The standard InChI is InChI=1S/C11H9BrF3NO3/c12-8-6-7(16-5-1-2-10(17)18)3-4-9(8)19-11(13,14)15/h1-4,6,16H,5H2,(H,17,18)/b2-1+. The van der Waals surface area contributed by atoms with E-state index in [2.05, 4.69) is 26.0 Å². The maximum atomic E-state index is 12.0. The molecule has 2 N–H and O–H groups in total. The molecule has 1 aromatic carbocycles. The average molecular weight is 340 g/mol. The second kappa shape index (κ2) is 6.46. The Labute approximate surface area is 115 Å². The molecule has 4 nitrogen and oxygen atoms in total. The minimum atomic E-state index is -4.75. The van der Waals surface area contributed by atoms with Crippen LogP contribution in [0.25, 0.3) is 0 Å². The van der Waals surface area contributed by atoms with Gasteiger partial charge in [0.05, 0.1) is 4.47 Å². The quantitative estimate of drug-likeness (QED) is 0.807. The van der Waals surface area contributed by atoms with Crippen molar-refractivity contribution in [2.75, 3.05) is 11.9 Å². The van der Waals surface area contributed by atoms with Crippen molar-refractivity contribution in [3.05, 3.63) is 34.8 Å². The summed E-state index contributed by atoms with van der Waals surface area (Å²) in [6.45, 7) is 0.234. The molecule has 0 unspecified atom stereocenters. The molecule has 19 heavy (non-hydrogen) atoms. The Kier molecular flexibility index (Phi) is 5.22. The maximum absolute atomic E-state index is 12.0. The highest BCUT2D eigenvalue weighted by molar-refractivity contribution is 9.10. The number of hydrogen-bond donors (Lipinski definition) is 2. The number of carboxylic acid groups (broad SMARTS) is 1. The van der Waals surface area contributed by atoms with Crippen molar-refractivity contribution in [1.29, 1.82) is 0 Å². The normalized spacial score (nSPS) is 11.6. The van der Waals surface area contributed by atoms with Gasteiger partial charge in [0.25, 0.3) is 0 Å². The molecule has 0 atom stereocenters. The van der Waals surface area contributed by atoms with Gasteiger partial charge in [-0.05, 0) is 34.1 Å². The first-order valence-corrected chi connectivity index (χ1v) is 5.76. The van der Waals surface area contributed by atoms with Crippen molar-refractivity contribution in [3.63, 3.8) is 0 Å². The number of benzene rings is 1. The van der Waals surface area contributed by atoms with Crippen LogP contribution in [0, 0.1) is 0 Å². The number of carboxylic acids is 1. The molecule has 0 spiro atoms. The Morgan fingerprint density at radius 2 is 2.16 bits per heavy atom. The second-order valence-corrected chi connectivity index (χ2v) is 4.17. The highest BCUT2D eigenvalue weighted by atomic mass is 79.9. The first-order chi connectivity index (χ1) is 8.78. The minimum Gasteiger partial charge on any atom is -0.478 e.